The van der Waals surface area contributed by atoms with Crippen LogP contribution in [0.1, 0.15) is 60.3 Å². The number of ether oxygens (including phenoxy) is 1. The smallest absolute Gasteiger partial charge is 0.168 e. The zero-order valence-corrected chi connectivity index (χ0v) is 15.6. The third-order valence-electron chi connectivity index (χ3n) is 7.64. The summed E-state index contributed by atoms with van der Waals surface area (Å²) in [5.74, 6) is 0.0716. The molecule has 1 saturated heterocycles. The van der Waals surface area contributed by atoms with Gasteiger partial charge in [-0.3, -0.25) is 4.79 Å². The summed E-state index contributed by atoms with van der Waals surface area (Å²) < 4.78 is 6.32. The molecule has 136 valence electrons. The lowest BCUT2D eigenvalue weighted by atomic mass is 9.43. The topological polar surface area (TPSA) is 66.8 Å². The number of rotatable bonds is 1. The summed E-state index contributed by atoms with van der Waals surface area (Å²) in [6, 6.07) is 0. The third kappa shape index (κ3) is 2.19. The molecule has 0 bridgehead atoms. The molecule has 4 nitrogen and oxygen atoms in total. The van der Waals surface area contributed by atoms with Crippen LogP contribution >= 0.6 is 0 Å². The predicted molar refractivity (Wildman–Crippen MR) is 92.4 cm³/mol. The van der Waals surface area contributed by atoms with Crippen molar-refractivity contribution in [3.05, 3.63) is 12.7 Å². The van der Waals surface area contributed by atoms with E-state index in [0.717, 1.165) is 6.42 Å². The number of carbonyl (C=O) groups excluding carboxylic acids is 1. The Morgan fingerprint density at radius 2 is 1.83 bits per heavy atom. The largest absolute Gasteiger partial charge is 0.393 e. The van der Waals surface area contributed by atoms with Gasteiger partial charge in [0, 0.05) is 18.8 Å². The third-order valence-corrected chi connectivity index (χ3v) is 7.64. The Balaban J connectivity index is 2.07. The molecule has 0 aromatic rings. The summed E-state index contributed by atoms with van der Waals surface area (Å²) in [5, 5.41) is 21.6. The Labute approximate surface area is 145 Å². The van der Waals surface area contributed by atoms with E-state index in [2.05, 4.69) is 13.5 Å². The van der Waals surface area contributed by atoms with Gasteiger partial charge in [-0.15, -0.1) is 0 Å². The molecule has 1 aliphatic heterocycles. The van der Waals surface area contributed by atoms with Gasteiger partial charge < -0.3 is 14.9 Å². The highest BCUT2D eigenvalue weighted by molar-refractivity contribution is 5.90. The van der Waals surface area contributed by atoms with E-state index in [0.29, 0.717) is 19.3 Å². The molecule has 0 unspecified atom stereocenters. The van der Waals surface area contributed by atoms with Gasteiger partial charge in [0.2, 0.25) is 0 Å². The van der Waals surface area contributed by atoms with Crippen LogP contribution in [0.5, 0.6) is 0 Å². The first-order chi connectivity index (χ1) is 10.9. The van der Waals surface area contributed by atoms with Crippen LogP contribution in [0.4, 0.5) is 0 Å². The molecule has 2 N–H and O–H groups in total. The first kappa shape index (κ1) is 18.1. The molecule has 3 aliphatic rings. The Morgan fingerprint density at radius 3 is 2.42 bits per heavy atom. The number of aliphatic hydroxyl groups is 2. The fourth-order valence-electron chi connectivity index (χ4n) is 6.38. The Hall–Kier alpha value is -0.710. The minimum absolute atomic E-state index is 0.0451. The van der Waals surface area contributed by atoms with Crippen molar-refractivity contribution in [2.75, 3.05) is 0 Å². The van der Waals surface area contributed by atoms with E-state index in [1.54, 1.807) is 13.0 Å². The molecule has 4 heteroatoms. The van der Waals surface area contributed by atoms with Crippen molar-refractivity contribution in [3.63, 3.8) is 0 Å². The summed E-state index contributed by atoms with van der Waals surface area (Å²) in [6.45, 7) is 13.9. The molecule has 0 aromatic heterocycles. The van der Waals surface area contributed by atoms with Gasteiger partial charge >= 0.3 is 0 Å². The lowest BCUT2D eigenvalue weighted by Gasteiger charge is -2.66. The fourth-order valence-corrected chi connectivity index (χ4v) is 6.38. The molecule has 3 rings (SSSR count). The second-order valence-corrected chi connectivity index (χ2v) is 9.54. The van der Waals surface area contributed by atoms with Crippen molar-refractivity contribution in [2.24, 2.45) is 22.7 Å². The summed E-state index contributed by atoms with van der Waals surface area (Å²) in [4.78, 5) is 12.8. The number of ketones is 1. The van der Waals surface area contributed by atoms with Gasteiger partial charge in [-0.05, 0) is 43.4 Å². The average molecular weight is 336 g/mol. The van der Waals surface area contributed by atoms with E-state index in [1.165, 1.54) is 0 Å². The predicted octanol–water partition coefficient (Wildman–Crippen LogP) is 2.86. The minimum Gasteiger partial charge on any atom is -0.393 e. The maximum absolute atomic E-state index is 12.8. The van der Waals surface area contributed by atoms with Crippen molar-refractivity contribution in [1.82, 2.24) is 0 Å². The number of hydrogen-bond acceptors (Lipinski definition) is 4. The molecule has 7 atom stereocenters. The number of carbonyl (C=O) groups is 1. The van der Waals surface area contributed by atoms with Crippen molar-refractivity contribution >= 4 is 5.78 Å². The first-order valence-corrected chi connectivity index (χ1v) is 9.14. The van der Waals surface area contributed by atoms with Gasteiger partial charge in [0.25, 0.3) is 0 Å². The van der Waals surface area contributed by atoms with E-state index in [9.17, 15) is 15.0 Å². The zero-order chi connectivity index (χ0) is 18.1. The van der Waals surface area contributed by atoms with Crippen LogP contribution in [0.25, 0.3) is 0 Å². The van der Waals surface area contributed by atoms with Crippen LogP contribution in [0.3, 0.4) is 0 Å². The van der Waals surface area contributed by atoms with Crippen LogP contribution in [-0.2, 0) is 9.53 Å². The van der Waals surface area contributed by atoms with Crippen molar-refractivity contribution in [3.8, 4) is 0 Å². The highest BCUT2D eigenvalue weighted by Gasteiger charge is 2.67. The second kappa shape index (κ2) is 5.15. The number of aliphatic hydroxyl groups excluding tert-OH is 2. The quantitative estimate of drug-likeness (QED) is 0.723. The summed E-state index contributed by atoms with van der Waals surface area (Å²) in [5.41, 5.74) is -2.14. The molecular formula is C20H32O4. The van der Waals surface area contributed by atoms with E-state index < -0.39 is 23.4 Å². The van der Waals surface area contributed by atoms with Gasteiger partial charge in [0.15, 0.2) is 5.78 Å². The van der Waals surface area contributed by atoms with Crippen molar-refractivity contribution < 1.29 is 19.7 Å². The maximum atomic E-state index is 12.8. The highest BCUT2D eigenvalue weighted by atomic mass is 16.5. The van der Waals surface area contributed by atoms with Gasteiger partial charge in [-0.1, -0.05) is 33.4 Å². The molecule has 24 heavy (non-hydrogen) atoms. The van der Waals surface area contributed by atoms with Crippen LogP contribution in [0, 0.1) is 22.7 Å². The van der Waals surface area contributed by atoms with Crippen LogP contribution in [0.15, 0.2) is 12.7 Å². The fraction of sp³-hybridized carbons (Fsp3) is 0.850. The van der Waals surface area contributed by atoms with Crippen LogP contribution in [-0.4, -0.2) is 39.4 Å². The molecule has 0 radical (unpaired) electrons. The number of Topliss-reactive ketones (excluding diaryl/α,β-unsaturated/α-hetero) is 1. The maximum Gasteiger partial charge on any atom is 0.168 e. The molecular weight excluding hydrogens is 304 g/mol. The standard InChI is InChI=1S/C20H32O4/c1-7-19(5)15(23)10-13-18(4)9-8-14(22)17(2,3)16(18)12(21)11-20(13,6)24-19/h7,12-14,16,21-22H,1,8-11H2,2-6H3/t12-,13-,14+,16+,18-,19-,20-/m0/s1. The minimum atomic E-state index is -0.974. The summed E-state index contributed by atoms with van der Waals surface area (Å²) in [6.07, 6.45) is 3.06. The normalized spacial score (nSPS) is 53.9. The Bertz CT molecular complexity index is 570. The Morgan fingerprint density at radius 1 is 1.21 bits per heavy atom. The molecule has 2 aliphatic carbocycles. The van der Waals surface area contributed by atoms with Crippen LogP contribution < -0.4 is 0 Å². The summed E-state index contributed by atoms with van der Waals surface area (Å²) in [7, 11) is 0. The second-order valence-electron chi connectivity index (χ2n) is 9.54. The first-order valence-electron chi connectivity index (χ1n) is 9.14. The van der Waals surface area contributed by atoms with E-state index in [4.69, 9.17) is 4.74 Å². The van der Waals surface area contributed by atoms with Gasteiger partial charge in [0.05, 0.1) is 17.8 Å². The van der Waals surface area contributed by atoms with Gasteiger partial charge in [-0.25, -0.2) is 0 Å². The lowest BCUT2D eigenvalue weighted by molar-refractivity contribution is -0.276. The molecule has 0 aromatic carbocycles. The zero-order valence-electron chi connectivity index (χ0n) is 15.6. The SMILES string of the molecule is C=C[C@]1(C)O[C@@]2(C)C[C@H](O)[C@@H]3C(C)(C)[C@H](O)CC[C@@]3(C)[C@@H]2CC1=O. The summed E-state index contributed by atoms with van der Waals surface area (Å²) >= 11 is 0. The van der Waals surface area contributed by atoms with E-state index in [-0.39, 0.29) is 28.4 Å². The Kier molecular flexibility index (Phi) is 3.88. The molecule has 2 saturated carbocycles. The molecule has 0 spiro atoms. The molecule has 3 fully saturated rings. The monoisotopic (exact) mass is 336 g/mol. The van der Waals surface area contributed by atoms with Gasteiger partial charge in [0.1, 0.15) is 5.60 Å². The van der Waals surface area contributed by atoms with Crippen molar-refractivity contribution in [2.45, 2.75) is 83.7 Å². The molecule has 0 amide bonds. The van der Waals surface area contributed by atoms with Crippen LogP contribution in [0.2, 0.25) is 0 Å². The van der Waals surface area contributed by atoms with Crippen molar-refractivity contribution in [1.29, 1.82) is 0 Å². The average Bonchev–Trinajstić information content (AvgIpc) is 2.45. The highest BCUT2D eigenvalue weighted by Crippen LogP contribution is 2.65. The van der Waals surface area contributed by atoms with E-state index in [1.807, 2.05) is 20.8 Å². The van der Waals surface area contributed by atoms with Gasteiger partial charge in [-0.2, -0.15) is 0 Å². The number of fused-ring (bicyclic) bond motifs is 3. The molecule has 1 heterocycles. The lowest BCUT2D eigenvalue weighted by Crippen LogP contribution is -2.69. The van der Waals surface area contributed by atoms with E-state index >= 15 is 0 Å². The number of hydrogen-bond donors (Lipinski definition) is 2.